The van der Waals surface area contributed by atoms with Crippen molar-refractivity contribution in [2.75, 3.05) is 5.73 Å². The summed E-state index contributed by atoms with van der Waals surface area (Å²) in [5, 5.41) is 27.5. The van der Waals surface area contributed by atoms with Gasteiger partial charge in [0.15, 0.2) is 45.5 Å². The largest absolute Gasteiger partial charge is 0.381 e. The number of fused-ring (bicyclic) bond motifs is 4. The number of benzene rings is 2. The summed E-state index contributed by atoms with van der Waals surface area (Å²) in [5.74, 6) is -0.00493. The van der Waals surface area contributed by atoms with Gasteiger partial charge in [-0.2, -0.15) is 15.8 Å². The van der Waals surface area contributed by atoms with Crippen LogP contribution >= 0.6 is 0 Å². The summed E-state index contributed by atoms with van der Waals surface area (Å²) in [7, 11) is 0. The molecule has 0 saturated carbocycles. The van der Waals surface area contributed by atoms with E-state index in [0.29, 0.717) is 22.1 Å². The van der Waals surface area contributed by atoms with Crippen LogP contribution in [0.1, 0.15) is 17.1 Å². The number of rotatable bonds is 1. The predicted octanol–water partition coefficient (Wildman–Crippen LogP) is 2.32. The molecule has 0 unspecified atom stereocenters. The zero-order chi connectivity index (χ0) is 24.1. The van der Waals surface area contributed by atoms with Crippen molar-refractivity contribution >= 4 is 50.5 Å². The van der Waals surface area contributed by atoms with Crippen molar-refractivity contribution < 1.29 is 0 Å². The highest BCUT2D eigenvalue weighted by Gasteiger charge is 2.13. The number of nitrogen functional groups attached to an aromatic ring is 1. The second-order valence-electron chi connectivity index (χ2n) is 7.36. The first-order valence-electron chi connectivity index (χ1n) is 10.0. The predicted molar refractivity (Wildman–Crippen MR) is 123 cm³/mol. The zero-order valence-electron chi connectivity index (χ0n) is 17.5. The molecule has 0 fully saturated rings. The molecule has 0 bridgehead atoms. The van der Waals surface area contributed by atoms with Crippen molar-refractivity contribution in [2.24, 2.45) is 0 Å². The summed E-state index contributed by atoms with van der Waals surface area (Å²) in [6.45, 7) is 0. The van der Waals surface area contributed by atoms with Crippen molar-refractivity contribution in [2.45, 2.75) is 0 Å². The minimum absolute atomic E-state index is 0.00277. The molecule has 12 heteroatoms. The number of nitrogens with zero attached hydrogens (tertiary/aromatic N) is 11. The molecule has 160 valence electrons. The molecule has 0 radical (unpaired) electrons. The SMILES string of the molecule is N#Cc1nc2nc3ccc(-c4ccc5nc6nc(C#N)c(C#N)nc6nc5c4)cc3nc2nc1N. The molecule has 0 aliphatic carbocycles. The highest BCUT2D eigenvalue weighted by atomic mass is 15.0. The molecule has 0 aliphatic rings. The maximum Gasteiger partial charge on any atom is 0.200 e. The van der Waals surface area contributed by atoms with Gasteiger partial charge in [0.1, 0.15) is 18.2 Å². The van der Waals surface area contributed by atoms with Crippen LogP contribution in [0.5, 0.6) is 0 Å². The molecule has 2 aromatic carbocycles. The second kappa shape index (κ2) is 7.30. The van der Waals surface area contributed by atoms with Crippen molar-refractivity contribution in [3.63, 3.8) is 0 Å². The molecule has 35 heavy (non-hydrogen) atoms. The minimum atomic E-state index is -0.101. The summed E-state index contributed by atoms with van der Waals surface area (Å²) in [6, 6.07) is 16.6. The highest BCUT2D eigenvalue weighted by molar-refractivity contribution is 5.90. The van der Waals surface area contributed by atoms with E-state index in [1.807, 2.05) is 42.5 Å². The zero-order valence-corrected chi connectivity index (χ0v) is 17.5. The quantitative estimate of drug-likeness (QED) is 0.357. The molecule has 4 heterocycles. The average Bonchev–Trinajstić information content (AvgIpc) is 2.88. The highest BCUT2D eigenvalue weighted by Crippen LogP contribution is 2.27. The van der Waals surface area contributed by atoms with Crippen molar-refractivity contribution in [3.05, 3.63) is 53.5 Å². The van der Waals surface area contributed by atoms with Gasteiger partial charge in [0.2, 0.25) is 0 Å². The Hall–Kier alpha value is -5.93. The van der Waals surface area contributed by atoms with Gasteiger partial charge in [0, 0.05) is 0 Å². The molecular formula is C23H8N12. The van der Waals surface area contributed by atoms with Gasteiger partial charge in [-0.05, 0) is 35.4 Å². The van der Waals surface area contributed by atoms with Crippen molar-refractivity contribution in [1.82, 2.24) is 39.9 Å². The van der Waals surface area contributed by atoms with Crippen LogP contribution in [0.15, 0.2) is 36.4 Å². The van der Waals surface area contributed by atoms with Gasteiger partial charge in [0.25, 0.3) is 0 Å². The molecule has 4 aromatic heterocycles. The van der Waals surface area contributed by atoms with Crippen LogP contribution in [0.4, 0.5) is 5.82 Å². The van der Waals surface area contributed by atoms with E-state index < -0.39 is 0 Å². The van der Waals surface area contributed by atoms with Gasteiger partial charge < -0.3 is 5.73 Å². The van der Waals surface area contributed by atoms with E-state index >= 15 is 0 Å². The summed E-state index contributed by atoms with van der Waals surface area (Å²) in [6.07, 6.45) is 0. The lowest BCUT2D eigenvalue weighted by molar-refractivity contribution is 1.14. The van der Waals surface area contributed by atoms with Crippen LogP contribution in [0.2, 0.25) is 0 Å². The van der Waals surface area contributed by atoms with E-state index in [1.165, 1.54) is 0 Å². The molecule has 0 spiro atoms. The molecular weight excluding hydrogens is 444 g/mol. The number of hydrogen-bond donors (Lipinski definition) is 1. The van der Waals surface area contributed by atoms with Crippen LogP contribution in [-0.4, -0.2) is 39.9 Å². The standard InChI is InChI=1S/C23H8N12/c24-7-16-17(8-25)33-21-20(32-16)28-12-3-1-10(5-14(12)30-21)11-2-4-13-15(6-11)31-23-22(29-13)34-18(9-26)19(27)35-23/h1-6H,(H2,27,31,35). The van der Waals surface area contributed by atoms with Crippen molar-refractivity contribution in [3.8, 4) is 29.3 Å². The van der Waals surface area contributed by atoms with E-state index in [0.717, 1.165) is 11.1 Å². The maximum atomic E-state index is 9.22. The Morgan fingerprint density at radius 1 is 0.486 bits per heavy atom. The molecule has 6 rings (SSSR count). The van der Waals surface area contributed by atoms with E-state index in [1.54, 1.807) is 12.1 Å². The number of aromatic nitrogens is 8. The minimum Gasteiger partial charge on any atom is -0.381 e. The molecule has 2 N–H and O–H groups in total. The Balaban J connectivity index is 1.49. The summed E-state index contributed by atoms with van der Waals surface area (Å²) in [5.41, 5.74) is 10.4. The Morgan fingerprint density at radius 3 is 1.34 bits per heavy atom. The van der Waals surface area contributed by atoms with Gasteiger partial charge in [-0.3, -0.25) is 0 Å². The molecule has 0 aliphatic heterocycles. The van der Waals surface area contributed by atoms with Crippen LogP contribution in [0, 0.1) is 34.0 Å². The molecule has 0 amide bonds. The van der Waals surface area contributed by atoms with Gasteiger partial charge in [-0.1, -0.05) is 12.1 Å². The normalized spacial score (nSPS) is 10.9. The Labute approximate surface area is 195 Å². The lowest BCUT2D eigenvalue weighted by Gasteiger charge is -2.07. The Morgan fingerprint density at radius 2 is 0.886 bits per heavy atom. The fourth-order valence-electron chi connectivity index (χ4n) is 3.62. The average molecular weight is 452 g/mol. The first-order valence-corrected chi connectivity index (χ1v) is 10.0. The molecule has 0 atom stereocenters. The third kappa shape index (κ3) is 3.13. The number of nitrogens with two attached hydrogens (primary N) is 1. The van der Waals surface area contributed by atoms with Crippen LogP contribution in [0.3, 0.4) is 0 Å². The fourth-order valence-corrected chi connectivity index (χ4v) is 3.62. The van der Waals surface area contributed by atoms with E-state index in [9.17, 15) is 5.26 Å². The second-order valence-corrected chi connectivity index (χ2v) is 7.36. The lowest BCUT2D eigenvalue weighted by atomic mass is 10.0. The molecule has 6 aromatic rings. The Kier molecular flexibility index (Phi) is 4.12. The summed E-state index contributed by atoms with van der Waals surface area (Å²) < 4.78 is 0. The number of hydrogen-bond acceptors (Lipinski definition) is 12. The molecule has 12 nitrogen and oxygen atoms in total. The fraction of sp³-hybridized carbons (Fsp3) is 0. The molecule has 0 saturated heterocycles. The monoisotopic (exact) mass is 452 g/mol. The first-order chi connectivity index (χ1) is 17.1. The first kappa shape index (κ1) is 19.7. The third-order valence-electron chi connectivity index (χ3n) is 5.25. The van der Waals surface area contributed by atoms with Gasteiger partial charge >= 0.3 is 0 Å². The maximum absolute atomic E-state index is 9.22. The van der Waals surface area contributed by atoms with E-state index in [2.05, 4.69) is 39.9 Å². The summed E-state index contributed by atoms with van der Waals surface area (Å²) in [4.78, 5) is 34.4. The van der Waals surface area contributed by atoms with Crippen LogP contribution in [0.25, 0.3) is 55.8 Å². The van der Waals surface area contributed by atoms with E-state index in [4.69, 9.17) is 16.3 Å². The summed E-state index contributed by atoms with van der Waals surface area (Å²) >= 11 is 0. The topological polar surface area (TPSA) is 201 Å². The van der Waals surface area contributed by atoms with Gasteiger partial charge in [0.05, 0.1) is 22.1 Å². The van der Waals surface area contributed by atoms with E-state index in [-0.39, 0.29) is 45.5 Å². The van der Waals surface area contributed by atoms with Crippen LogP contribution in [-0.2, 0) is 0 Å². The van der Waals surface area contributed by atoms with Gasteiger partial charge in [-0.15, -0.1) is 0 Å². The van der Waals surface area contributed by atoms with Crippen LogP contribution < -0.4 is 5.73 Å². The number of anilines is 1. The number of nitriles is 3. The van der Waals surface area contributed by atoms with Crippen molar-refractivity contribution in [1.29, 1.82) is 15.8 Å². The van der Waals surface area contributed by atoms with Gasteiger partial charge in [-0.25, -0.2) is 39.9 Å². The third-order valence-corrected chi connectivity index (χ3v) is 5.25. The smallest absolute Gasteiger partial charge is 0.200 e. The Bertz CT molecular complexity index is 2010. The lowest BCUT2D eigenvalue weighted by Crippen LogP contribution is -2.02.